The van der Waals surface area contributed by atoms with Gasteiger partial charge < -0.3 is 15.4 Å². The number of hydrogen-bond donors (Lipinski definition) is 2. The van der Waals surface area contributed by atoms with Crippen LogP contribution < -0.4 is 15.4 Å². The summed E-state index contributed by atoms with van der Waals surface area (Å²) in [5.41, 5.74) is 2.80. The largest absolute Gasteiger partial charge is 0.494 e. The molecule has 2 amide bonds. The van der Waals surface area contributed by atoms with Gasteiger partial charge in [0.2, 0.25) is 0 Å². The van der Waals surface area contributed by atoms with Gasteiger partial charge in [-0.3, -0.25) is 0 Å². The van der Waals surface area contributed by atoms with Crippen LogP contribution in [0.5, 0.6) is 5.75 Å². The van der Waals surface area contributed by atoms with Crippen molar-refractivity contribution in [1.29, 1.82) is 0 Å². The zero-order valence-electron chi connectivity index (χ0n) is 20.3. The van der Waals surface area contributed by atoms with Crippen LogP contribution in [0.1, 0.15) is 75.5 Å². The van der Waals surface area contributed by atoms with Gasteiger partial charge in [-0.1, -0.05) is 113 Å². The van der Waals surface area contributed by atoms with E-state index in [1.807, 2.05) is 84.9 Å². The van der Waals surface area contributed by atoms with Gasteiger partial charge in [-0.15, -0.1) is 0 Å². The number of benzene rings is 3. The topological polar surface area (TPSA) is 50.4 Å². The predicted octanol–water partition coefficient (Wildman–Crippen LogP) is 8.12. The Morgan fingerprint density at radius 2 is 1.24 bits per heavy atom. The molecule has 3 aromatic rings. The first-order valence-corrected chi connectivity index (χ1v) is 12.7. The Kier molecular flexibility index (Phi) is 11.0. The molecule has 34 heavy (non-hydrogen) atoms. The Hall–Kier alpha value is -3.27. The Morgan fingerprint density at radius 3 is 1.79 bits per heavy atom. The second kappa shape index (κ2) is 14.8. The summed E-state index contributed by atoms with van der Waals surface area (Å²) in [6, 6.07) is 27.1. The fraction of sp³-hybridized carbons (Fsp3) is 0.367. The minimum Gasteiger partial charge on any atom is -0.494 e. The molecule has 0 heterocycles. The van der Waals surface area contributed by atoms with Crippen molar-refractivity contribution in [3.63, 3.8) is 0 Å². The minimum absolute atomic E-state index is 0.225. The second-order valence-electron chi connectivity index (χ2n) is 8.70. The molecular weight excluding hydrogens is 420 g/mol. The Labute approximate surface area is 204 Å². The summed E-state index contributed by atoms with van der Waals surface area (Å²) < 4.78 is 5.86. The number of unbranched alkanes of at least 4 members (excludes halogenated alkanes) is 7. The number of carbonyl (C=O) groups is 1. The SMILES string of the molecule is CCCCCCCCCCOc1ccc(NC(=O)NC(c2ccccc2)c2ccccc2)cc1. The number of carbonyl (C=O) groups excluding carboxylic acids is 1. The number of urea groups is 1. The van der Waals surface area contributed by atoms with Crippen molar-refractivity contribution in [1.82, 2.24) is 5.32 Å². The van der Waals surface area contributed by atoms with Crippen molar-refractivity contribution in [3.05, 3.63) is 96.1 Å². The summed E-state index contributed by atoms with van der Waals surface area (Å²) in [7, 11) is 0. The molecule has 3 aromatic carbocycles. The lowest BCUT2D eigenvalue weighted by molar-refractivity contribution is 0.250. The van der Waals surface area contributed by atoms with E-state index in [1.54, 1.807) is 0 Å². The molecule has 0 atom stereocenters. The van der Waals surface area contributed by atoms with E-state index >= 15 is 0 Å². The molecule has 4 heteroatoms. The number of hydrogen-bond acceptors (Lipinski definition) is 2. The average molecular weight is 459 g/mol. The van der Waals surface area contributed by atoms with Gasteiger partial charge in [0.15, 0.2) is 0 Å². The van der Waals surface area contributed by atoms with Crippen molar-refractivity contribution in [2.24, 2.45) is 0 Å². The van der Waals surface area contributed by atoms with E-state index in [1.165, 1.54) is 44.9 Å². The van der Waals surface area contributed by atoms with Crippen molar-refractivity contribution in [2.75, 3.05) is 11.9 Å². The first-order chi connectivity index (χ1) is 16.8. The van der Waals surface area contributed by atoms with Gasteiger partial charge in [-0.05, 0) is 41.8 Å². The quantitative estimate of drug-likeness (QED) is 0.240. The van der Waals surface area contributed by atoms with Gasteiger partial charge in [0.1, 0.15) is 5.75 Å². The maximum absolute atomic E-state index is 12.8. The summed E-state index contributed by atoms with van der Waals surface area (Å²) in [4.78, 5) is 12.8. The molecule has 0 unspecified atom stereocenters. The van der Waals surface area contributed by atoms with Crippen LogP contribution in [0.15, 0.2) is 84.9 Å². The Bertz CT molecular complexity index is 903. The standard InChI is InChI=1S/C30H38N2O2/c1-2-3-4-5-6-7-8-15-24-34-28-22-20-27(21-23-28)31-30(33)32-29(25-16-11-9-12-17-25)26-18-13-10-14-19-26/h9-14,16-23,29H,2-8,15,24H2,1H3,(H2,31,32,33). The molecule has 0 aliphatic carbocycles. The highest BCUT2D eigenvalue weighted by molar-refractivity contribution is 5.89. The van der Waals surface area contributed by atoms with E-state index in [-0.39, 0.29) is 12.1 Å². The monoisotopic (exact) mass is 458 g/mol. The van der Waals surface area contributed by atoms with E-state index < -0.39 is 0 Å². The highest BCUT2D eigenvalue weighted by Gasteiger charge is 2.16. The second-order valence-corrected chi connectivity index (χ2v) is 8.70. The van der Waals surface area contributed by atoms with Gasteiger partial charge >= 0.3 is 6.03 Å². The summed E-state index contributed by atoms with van der Waals surface area (Å²) in [5.74, 6) is 0.834. The van der Waals surface area contributed by atoms with Crippen LogP contribution in [0.2, 0.25) is 0 Å². The molecule has 0 aromatic heterocycles. The maximum atomic E-state index is 12.8. The van der Waals surface area contributed by atoms with Gasteiger partial charge in [-0.2, -0.15) is 0 Å². The van der Waals surface area contributed by atoms with E-state index in [0.29, 0.717) is 0 Å². The summed E-state index contributed by atoms with van der Waals surface area (Å²) in [6.45, 7) is 2.99. The molecule has 0 aliphatic heterocycles. The average Bonchev–Trinajstić information content (AvgIpc) is 2.88. The van der Waals surface area contributed by atoms with Crippen molar-refractivity contribution in [3.8, 4) is 5.75 Å². The number of nitrogens with one attached hydrogen (secondary N) is 2. The Balaban J connectivity index is 1.43. The molecule has 0 bridgehead atoms. The smallest absolute Gasteiger partial charge is 0.319 e. The van der Waals surface area contributed by atoms with E-state index in [0.717, 1.165) is 35.6 Å². The lowest BCUT2D eigenvalue weighted by atomic mass is 9.99. The van der Waals surface area contributed by atoms with Gasteiger partial charge in [0.05, 0.1) is 12.6 Å². The third-order valence-corrected chi connectivity index (χ3v) is 5.92. The fourth-order valence-corrected chi connectivity index (χ4v) is 4.01. The van der Waals surface area contributed by atoms with Crippen LogP contribution in [-0.4, -0.2) is 12.6 Å². The first-order valence-electron chi connectivity index (χ1n) is 12.7. The van der Waals surface area contributed by atoms with Crippen LogP contribution in [0.3, 0.4) is 0 Å². The molecule has 0 fully saturated rings. The highest BCUT2D eigenvalue weighted by atomic mass is 16.5. The molecule has 4 nitrogen and oxygen atoms in total. The molecule has 0 aliphatic rings. The maximum Gasteiger partial charge on any atom is 0.319 e. The minimum atomic E-state index is -0.245. The fourth-order valence-electron chi connectivity index (χ4n) is 4.01. The van der Waals surface area contributed by atoms with Crippen LogP contribution in [0.4, 0.5) is 10.5 Å². The number of amides is 2. The lowest BCUT2D eigenvalue weighted by Crippen LogP contribution is -2.33. The van der Waals surface area contributed by atoms with E-state index in [9.17, 15) is 4.79 Å². The molecule has 0 radical (unpaired) electrons. The zero-order chi connectivity index (χ0) is 23.8. The molecule has 2 N–H and O–H groups in total. The van der Waals surface area contributed by atoms with E-state index in [4.69, 9.17) is 4.74 Å². The highest BCUT2D eigenvalue weighted by Crippen LogP contribution is 2.22. The van der Waals surface area contributed by atoms with Crippen LogP contribution in [0, 0.1) is 0 Å². The molecule has 0 saturated carbocycles. The van der Waals surface area contributed by atoms with Crippen LogP contribution in [-0.2, 0) is 0 Å². The molecule has 0 spiro atoms. The molecule has 3 rings (SSSR count). The predicted molar refractivity (Wildman–Crippen MR) is 141 cm³/mol. The number of ether oxygens (including phenoxy) is 1. The summed E-state index contributed by atoms with van der Waals surface area (Å²) in [5, 5.41) is 6.04. The molecular formula is C30H38N2O2. The summed E-state index contributed by atoms with van der Waals surface area (Å²) in [6.07, 6.45) is 10.3. The van der Waals surface area contributed by atoms with Crippen molar-refractivity contribution in [2.45, 2.75) is 64.3 Å². The van der Waals surface area contributed by atoms with Crippen molar-refractivity contribution >= 4 is 11.7 Å². The third-order valence-electron chi connectivity index (χ3n) is 5.92. The lowest BCUT2D eigenvalue weighted by Gasteiger charge is -2.20. The van der Waals surface area contributed by atoms with Crippen LogP contribution >= 0.6 is 0 Å². The number of rotatable bonds is 14. The normalized spacial score (nSPS) is 10.8. The van der Waals surface area contributed by atoms with Crippen molar-refractivity contribution < 1.29 is 9.53 Å². The third kappa shape index (κ3) is 8.93. The summed E-state index contributed by atoms with van der Waals surface area (Å²) >= 11 is 0. The van der Waals surface area contributed by atoms with E-state index in [2.05, 4.69) is 17.6 Å². The zero-order valence-corrected chi connectivity index (χ0v) is 20.3. The Morgan fingerprint density at radius 1 is 0.706 bits per heavy atom. The first kappa shape index (κ1) is 25.4. The number of anilines is 1. The molecule has 180 valence electrons. The van der Waals surface area contributed by atoms with Gasteiger partial charge in [-0.25, -0.2) is 4.79 Å². The van der Waals surface area contributed by atoms with Crippen LogP contribution in [0.25, 0.3) is 0 Å². The van der Waals surface area contributed by atoms with Gasteiger partial charge in [0, 0.05) is 5.69 Å². The van der Waals surface area contributed by atoms with Gasteiger partial charge in [0.25, 0.3) is 0 Å². The molecule has 0 saturated heterocycles.